The highest BCUT2D eigenvalue weighted by Gasteiger charge is 2.09. The van der Waals surface area contributed by atoms with Gasteiger partial charge >= 0.3 is 6.03 Å². The van der Waals surface area contributed by atoms with E-state index in [2.05, 4.69) is 22.5 Å². The third-order valence-corrected chi connectivity index (χ3v) is 3.88. The zero-order valence-corrected chi connectivity index (χ0v) is 12.9. The van der Waals surface area contributed by atoms with Crippen LogP contribution >= 0.6 is 11.3 Å². The van der Waals surface area contributed by atoms with E-state index < -0.39 is 11.8 Å². The lowest BCUT2D eigenvalue weighted by Crippen LogP contribution is -2.19. The van der Waals surface area contributed by atoms with Crippen LogP contribution in [0.15, 0.2) is 24.4 Å². The summed E-state index contributed by atoms with van der Waals surface area (Å²) in [7, 11) is 0. The van der Waals surface area contributed by atoms with E-state index in [0.29, 0.717) is 5.00 Å². The highest BCUT2D eigenvalue weighted by molar-refractivity contribution is 7.15. The molecule has 0 saturated carbocycles. The molecule has 2 aromatic rings. The van der Waals surface area contributed by atoms with Crippen molar-refractivity contribution in [3.8, 4) is 0 Å². The molecule has 0 aliphatic carbocycles. The number of nitrogens with zero attached hydrogens (tertiary/aromatic N) is 1. The van der Waals surface area contributed by atoms with Crippen LogP contribution in [0.25, 0.3) is 0 Å². The SMILES string of the molecule is CCCCc1ncc(NC(=O)Nc2ccc(C)cc2F)s1. The number of amides is 2. The number of hydrogen-bond donors (Lipinski definition) is 2. The number of nitrogens with one attached hydrogen (secondary N) is 2. The maximum absolute atomic E-state index is 13.6. The summed E-state index contributed by atoms with van der Waals surface area (Å²) >= 11 is 1.44. The fraction of sp³-hybridized carbons (Fsp3) is 0.333. The molecule has 1 aromatic heterocycles. The first-order valence-corrected chi connectivity index (χ1v) is 7.69. The van der Waals surface area contributed by atoms with Crippen molar-refractivity contribution < 1.29 is 9.18 Å². The zero-order valence-electron chi connectivity index (χ0n) is 12.1. The number of thiazole rings is 1. The number of aryl methyl sites for hydroxylation is 2. The van der Waals surface area contributed by atoms with Crippen LogP contribution in [0.1, 0.15) is 30.3 Å². The smallest absolute Gasteiger partial charge is 0.305 e. The molecule has 2 N–H and O–H groups in total. The Bertz CT molecular complexity index is 627. The van der Waals surface area contributed by atoms with E-state index in [9.17, 15) is 9.18 Å². The second-order valence-corrected chi connectivity index (χ2v) is 5.90. The van der Waals surface area contributed by atoms with E-state index in [1.165, 1.54) is 17.4 Å². The van der Waals surface area contributed by atoms with Crippen molar-refractivity contribution in [1.29, 1.82) is 0 Å². The Morgan fingerprint density at radius 1 is 1.38 bits per heavy atom. The van der Waals surface area contributed by atoms with Crippen molar-refractivity contribution in [3.63, 3.8) is 0 Å². The molecule has 0 aliphatic heterocycles. The largest absolute Gasteiger partial charge is 0.324 e. The van der Waals surface area contributed by atoms with E-state index in [-0.39, 0.29) is 5.69 Å². The van der Waals surface area contributed by atoms with Crippen LogP contribution < -0.4 is 10.6 Å². The summed E-state index contributed by atoms with van der Waals surface area (Å²) in [5.74, 6) is -0.446. The summed E-state index contributed by atoms with van der Waals surface area (Å²) in [6, 6.07) is 4.20. The van der Waals surface area contributed by atoms with Crippen LogP contribution in [0, 0.1) is 12.7 Å². The third-order valence-electron chi connectivity index (χ3n) is 2.91. The molecule has 112 valence electrons. The Morgan fingerprint density at radius 2 is 2.19 bits per heavy atom. The molecule has 0 spiro atoms. The van der Waals surface area contributed by atoms with Crippen LogP contribution in [0.3, 0.4) is 0 Å². The molecule has 1 aromatic carbocycles. The molecule has 2 rings (SSSR count). The fourth-order valence-electron chi connectivity index (χ4n) is 1.80. The van der Waals surface area contributed by atoms with Gasteiger partial charge in [0.05, 0.1) is 16.9 Å². The standard InChI is InChI=1S/C15H18FN3OS/c1-3-4-5-13-17-9-14(21-13)19-15(20)18-12-7-6-10(2)8-11(12)16/h6-9H,3-5H2,1-2H3,(H2,18,19,20). The van der Waals surface area contributed by atoms with Crippen molar-refractivity contribution in [2.45, 2.75) is 33.1 Å². The molecule has 0 bridgehead atoms. The number of hydrogen-bond acceptors (Lipinski definition) is 3. The topological polar surface area (TPSA) is 54.0 Å². The fourth-order valence-corrected chi connectivity index (χ4v) is 2.65. The predicted octanol–water partition coefficient (Wildman–Crippen LogP) is 4.58. The molecule has 0 saturated heterocycles. The maximum Gasteiger partial charge on any atom is 0.324 e. The molecule has 0 atom stereocenters. The molecule has 0 fully saturated rings. The van der Waals surface area contributed by atoms with E-state index in [4.69, 9.17) is 0 Å². The van der Waals surface area contributed by atoms with Gasteiger partial charge in [-0.2, -0.15) is 0 Å². The molecular weight excluding hydrogens is 289 g/mol. The number of anilines is 2. The van der Waals surface area contributed by atoms with Crippen LogP contribution in [0.2, 0.25) is 0 Å². The highest BCUT2D eigenvalue weighted by atomic mass is 32.1. The average molecular weight is 307 g/mol. The van der Waals surface area contributed by atoms with Gasteiger partial charge in [-0.25, -0.2) is 14.2 Å². The Hall–Kier alpha value is -1.95. The van der Waals surface area contributed by atoms with Gasteiger partial charge in [-0.1, -0.05) is 19.4 Å². The second kappa shape index (κ2) is 7.17. The Kier molecular flexibility index (Phi) is 5.27. The number of unbranched alkanes of at least 4 members (excludes halogenated alkanes) is 1. The number of carbonyl (C=O) groups is 1. The highest BCUT2D eigenvalue weighted by Crippen LogP contribution is 2.21. The summed E-state index contributed by atoms with van der Waals surface area (Å²) in [4.78, 5) is 16.1. The third kappa shape index (κ3) is 4.53. The lowest BCUT2D eigenvalue weighted by Gasteiger charge is -2.07. The van der Waals surface area contributed by atoms with Gasteiger partial charge in [-0.15, -0.1) is 11.3 Å². The minimum absolute atomic E-state index is 0.161. The molecule has 6 heteroatoms. The maximum atomic E-state index is 13.6. The Labute approximate surface area is 127 Å². The zero-order chi connectivity index (χ0) is 15.2. The molecule has 0 unspecified atom stereocenters. The first-order chi connectivity index (χ1) is 10.1. The normalized spacial score (nSPS) is 10.4. The quantitative estimate of drug-likeness (QED) is 0.849. The van der Waals surface area contributed by atoms with Crippen LogP contribution in [0.5, 0.6) is 0 Å². The van der Waals surface area contributed by atoms with Crippen LogP contribution in [-0.4, -0.2) is 11.0 Å². The first-order valence-electron chi connectivity index (χ1n) is 6.87. The van der Waals surface area contributed by atoms with Crippen molar-refractivity contribution in [2.24, 2.45) is 0 Å². The van der Waals surface area contributed by atoms with Gasteiger partial charge in [-0.05, 0) is 37.5 Å². The van der Waals surface area contributed by atoms with E-state index in [1.54, 1.807) is 25.3 Å². The first kappa shape index (κ1) is 15.4. The number of rotatable bonds is 5. The monoisotopic (exact) mass is 307 g/mol. The molecular formula is C15H18FN3OS. The molecule has 0 radical (unpaired) electrons. The van der Waals surface area contributed by atoms with Crippen molar-refractivity contribution >= 4 is 28.1 Å². The Morgan fingerprint density at radius 3 is 2.90 bits per heavy atom. The molecule has 2 amide bonds. The minimum Gasteiger partial charge on any atom is -0.305 e. The summed E-state index contributed by atoms with van der Waals surface area (Å²) in [6.07, 6.45) is 4.72. The van der Waals surface area contributed by atoms with E-state index >= 15 is 0 Å². The van der Waals surface area contributed by atoms with Crippen LogP contribution in [-0.2, 0) is 6.42 Å². The molecule has 0 aliphatic rings. The van der Waals surface area contributed by atoms with Gasteiger partial charge in [-0.3, -0.25) is 5.32 Å². The number of benzene rings is 1. The van der Waals surface area contributed by atoms with Crippen molar-refractivity contribution in [3.05, 3.63) is 40.8 Å². The van der Waals surface area contributed by atoms with Gasteiger partial charge in [0, 0.05) is 0 Å². The van der Waals surface area contributed by atoms with E-state index in [0.717, 1.165) is 29.8 Å². The number of carbonyl (C=O) groups excluding carboxylic acids is 1. The summed E-state index contributed by atoms with van der Waals surface area (Å²) in [5, 5.41) is 6.81. The average Bonchev–Trinajstić information content (AvgIpc) is 2.87. The minimum atomic E-state index is -0.469. The van der Waals surface area contributed by atoms with Crippen molar-refractivity contribution in [1.82, 2.24) is 4.98 Å². The molecule has 1 heterocycles. The summed E-state index contributed by atoms with van der Waals surface area (Å²) in [6.45, 7) is 3.92. The van der Waals surface area contributed by atoms with Gasteiger partial charge in [0.25, 0.3) is 0 Å². The lowest BCUT2D eigenvalue weighted by atomic mass is 10.2. The van der Waals surface area contributed by atoms with Crippen LogP contribution in [0.4, 0.5) is 19.9 Å². The predicted molar refractivity (Wildman–Crippen MR) is 84.5 cm³/mol. The van der Waals surface area contributed by atoms with Gasteiger partial charge < -0.3 is 5.32 Å². The number of urea groups is 1. The van der Waals surface area contributed by atoms with Gasteiger partial charge in [0.2, 0.25) is 0 Å². The molecule has 21 heavy (non-hydrogen) atoms. The van der Waals surface area contributed by atoms with Crippen molar-refractivity contribution in [2.75, 3.05) is 10.6 Å². The van der Waals surface area contributed by atoms with Gasteiger partial charge in [0.1, 0.15) is 10.8 Å². The summed E-state index contributed by atoms with van der Waals surface area (Å²) in [5.41, 5.74) is 0.968. The second-order valence-electron chi connectivity index (χ2n) is 4.78. The number of halogens is 1. The Balaban J connectivity index is 1.93. The molecule has 4 nitrogen and oxygen atoms in total. The van der Waals surface area contributed by atoms with E-state index in [1.807, 2.05) is 0 Å². The number of aromatic nitrogens is 1. The lowest BCUT2D eigenvalue weighted by molar-refractivity contribution is 0.262. The van der Waals surface area contributed by atoms with Gasteiger partial charge in [0.15, 0.2) is 0 Å². The summed E-state index contributed by atoms with van der Waals surface area (Å²) < 4.78 is 13.6.